The lowest BCUT2D eigenvalue weighted by molar-refractivity contribution is 0.100. The summed E-state index contributed by atoms with van der Waals surface area (Å²) in [7, 11) is 0. The molecule has 1 fully saturated rings. The monoisotopic (exact) mass is 342 g/mol. The number of hydrogen-bond acceptors (Lipinski definition) is 4. The molecule has 0 spiro atoms. The molecule has 0 bridgehead atoms. The predicted molar refractivity (Wildman–Crippen MR) is 93.3 cm³/mol. The van der Waals surface area contributed by atoms with Crippen LogP contribution in [0.4, 0.5) is 4.39 Å². The van der Waals surface area contributed by atoms with E-state index < -0.39 is 5.91 Å². The van der Waals surface area contributed by atoms with Crippen LogP contribution in [0.5, 0.6) is 0 Å². The van der Waals surface area contributed by atoms with Crippen molar-refractivity contribution in [3.8, 4) is 0 Å². The van der Waals surface area contributed by atoms with E-state index >= 15 is 0 Å². The zero-order chi connectivity index (χ0) is 17.6. The number of primary amides is 1. The van der Waals surface area contributed by atoms with E-state index in [4.69, 9.17) is 5.73 Å². The molecule has 2 heterocycles. The summed E-state index contributed by atoms with van der Waals surface area (Å²) in [5.74, 6) is -0.930. The molecule has 2 aromatic heterocycles. The summed E-state index contributed by atoms with van der Waals surface area (Å²) in [5, 5.41) is 11.0. The Balaban J connectivity index is 1.91. The minimum atomic E-state index is -0.580. The highest BCUT2D eigenvalue weighted by atomic mass is 19.1. The van der Waals surface area contributed by atoms with Gasteiger partial charge in [-0.05, 0) is 43.9 Å². The number of pyridine rings is 1. The van der Waals surface area contributed by atoms with Crippen LogP contribution in [0.15, 0.2) is 30.6 Å². The smallest absolute Gasteiger partial charge is 0.252 e. The highest BCUT2D eigenvalue weighted by molar-refractivity contribution is 6.15. The Bertz CT molecular complexity index is 961. The van der Waals surface area contributed by atoms with Gasteiger partial charge < -0.3 is 16.3 Å². The SMILES string of the molecule is NC(=O)c1cncc2c3cc(F)ccc3n(N[C@H]3CC[C@H](O)CC3)c12. The second-order valence-electron chi connectivity index (χ2n) is 6.58. The number of nitrogens with two attached hydrogens (primary N) is 1. The van der Waals surface area contributed by atoms with Crippen molar-refractivity contribution in [1.82, 2.24) is 9.66 Å². The molecule has 25 heavy (non-hydrogen) atoms. The molecule has 0 saturated heterocycles. The molecule has 1 aromatic carbocycles. The molecule has 0 atom stereocenters. The molecule has 1 aliphatic carbocycles. The van der Waals surface area contributed by atoms with Gasteiger partial charge in [0, 0.05) is 29.2 Å². The number of nitrogens with one attached hydrogen (secondary N) is 1. The van der Waals surface area contributed by atoms with Crippen LogP contribution in [-0.4, -0.2) is 32.8 Å². The molecule has 4 N–H and O–H groups in total. The van der Waals surface area contributed by atoms with Crippen LogP contribution in [0, 0.1) is 5.82 Å². The average Bonchev–Trinajstić information content (AvgIpc) is 2.90. The molecule has 1 amide bonds. The van der Waals surface area contributed by atoms with Gasteiger partial charge in [0.2, 0.25) is 0 Å². The van der Waals surface area contributed by atoms with Crippen LogP contribution in [0.1, 0.15) is 36.0 Å². The summed E-state index contributed by atoms with van der Waals surface area (Å²) in [6.07, 6.45) is 5.90. The lowest BCUT2D eigenvalue weighted by Crippen LogP contribution is -2.33. The molecule has 130 valence electrons. The molecule has 1 saturated carbocycles. The largest absolute Gasteiger partial charge is 0.393 e. The third kappa shape index (κ3) is 2.70. The fraction of sp³-hybridized carbons (Fsp3) is 0.333. The van der Waals surface area contributed by atoms with Crippen LogP contribution in [0.3, 0.4) is 0 Å². The van der Waals surface area contributed by atoms with E-state index in [0.29, 0.717) is 16.3 Å². The van der Waals surface area contributed by atoms with Gasteiger partial charge in [0.05, 0.1) is 22.7 Å². The topological polar surface area (TPSA) is 93.2 Å². The summed E-state index contributed by atoms with van der Waals surface area (Å²) in [4.78, 5) is 16.0. The highest BCUT2D eigenvalue weighted by Gasteiger charge is 2.23. The van der Waals surface area contributed by atoms with Crippen molar-refractivity contribution >= 4 is 27.7 Å². The number of benzene rings is 1. The van der Waals surface area contributed by atoms with Crippen LogP contribution in [0.25, 0.3) is 21.8 Å². The van der Waals surface area contributed by atoms with Crippen molar-refractivity contribution in [2.75, 3.05) is 5.43 Å². The second-order valence-corrected chi connectivity index (χ2v) is 6.58. The third-order valence-electron chi connectivity index (χ3n) is 4.90. The number of aliphatic hydroxyl groups excluding tert-OH is 1. The Morgan fingerprint density at radius 2 is 2.00 bits per heavy atom. The van der Waals surface area contributed by atoms with E-state index in [1.54, 1.807) is 12.3 Å². The molecule has 0 radical (unpaired) electrons. The molecule has 6 nitrogen and oxygen atoms in total. The lowest BCUT2D eigenvalue weighted by Gasteiger charge is -2.28. The number of nitrogens with zero attached hydrogens (tertiary/aromatic N) is 2. The number of carbonyl (C=O) groups is 1. The lowest BCUT2D eigenvalue weighted by atomic mass is 9.94. The Kier molecular flexibility index (Phi) is 3.80. The van der Waals surface area contributed by atoms with E-state index in [0.717, 1.165) is 31.2 Å². The predicted octanol–water partition coefficient (Wildman–Crippen LogP) is 2.27. The third-order valence-corrected chi connectivity index (χ3v) is 4.90. The maximum Gasteiger partial charge on any atom is 0.252 e. The number of halogens is 1. The maximum atomic E-state index is 13.8. The van der Waals surface area contributed by atoms with Crippen LogP contribution in [0.2, 0.25) is 0 Å². The first-order chi connectivity index (χ1) is 12.0. The number of amides is 1. The van der Waals surface area contributed by atoms with Crippen molar-refractivity contribution < 1.29 is 14.3 Å². The summed E-state index contributed by atoms with van der Waals surface area (Å²) in [6, 6.07) is 4.66. The van der Waals surface area contributed by atoms with E-state index in [1.807, 2.05) is 4.68 Å². The van der Waals surface area contributed by atoms with Gasteiger partial charge in [0.15, 0.2) is 0 Å². The Labute approximate surface area is 143 Å². The molecule has 4 rings (SSSR count). The minimum Gasteiger partial charge on any atom is -0.393 e. The van der Waals surface area contributed by atoms with E-state index in [1.165, 1.54) is 18.3 Å². The molecular formula is C18H19FN4O2. The normalized spacial score (nSPS) is 20.9. The summed E-state index contributed by atoms with van der Waals surface area (Å²) >= 11 is 0. The van der Waals surface area contributed by atoms with Gasteiger partial charge in [0.1, 0.15) is 5.82 Å². The van der Waals surface area contributed by atoms with Crippen molar-refractivity contribution in [3.63, 3.8) is 0 Å². The second kappa shape index (κ2) is 6.00. The Hall–Kier alpha value is -2.67. The Morgan fingerprint density at radius 1 is 1.24 bits per heavy atom. The molecule has 1 aliphatic rings. The number of fused-ring (bicyclic) bond motifs is 3. The number of aliphatic hydroxyl groups is 1. The fourth-order valence-corrected chi connectivity index (χ4v) is 3.63. The summed E-state index contributed by atoms with van der Waals surface area (Å²) in [5.41, 5.74) is 10.6. The van der Waals surface area contributed by atoms with Crippen LogP contribution < -0.4 is 11.2 Å². The van der Waals surface area contributed by atoms with Crippen molar-refractivity contribution in [3.05, 3.63) is 42.0 Å². The van der Waals surface area contributed by atoms with Gasteiger partial charge >= 0.3 is 0 Å². The maximum absolute atomic E-state index is 13.8. The van der Waals surface area contributed by atoms with Gasteiger partial charge in [-0.3, -0.25) is 14.5 Å². The average molecular weight is 342 g/mol. The molecular weight excluding hydrogens is 323 g/mol. The fourth-order valence-electron chi connectivity index (χ4n) is 3.63. The number of carbonyl (C=O) groups excluding carboxylic acids is 1. The van der Waals surface area contributed by atoms with Crippen LogP contribution in [-0.2, 0) is 0 Å². The van der Waals surface area contributed by atoms with Crippen LogP contribution >= 0.6 is 0 Å². The summed E-state index contributed by atoms with van der Waals surface area (Å²) < 4.78 is 15.6. The quantitative estimate of drug-likeness (QED) is 0.681. The van der Waals surface area contributed by atoms with Crippen molar-refractivity contribution in [1.29, 1.82) is 0 Å². The zero-order valence-electron chi connectivity index (χ0n) is 13.6. The minimum absolute atomic E-state index is 0.154. The molecule has 3 aromatic rings. The highest BCUT2D eigenvalue weighted by Crippen LogP contribution is 2.31. The first-order valence-corrected chi connectivity index (χ1v) is 8.36. The van der Waals surface area contributed by atoms with E-state index in [2.05, 4.69) is 10.4 Å². The van der Waals surface area contributed by atoms with Crippen molar-refractivity contribution in [2.24, 2.45) is 5.73 Å². The number of hydrogen-bond donors (Lipinski definition) is 3. The zero-order valence-corrected chi connectivity index (χ0v) is 13.6. The van der Waals surface area contributed by atoms with Gasteiger partial charge in [-0.2, -0.15) is 0 Å². The van der Waals surface area contributed by atoms with Gasteiger partial charge in [-0.15, -0.1) is 0 Å². The van der Waals surface area contributed by atoms with Crippen molar-refractivity contribution in [2.45, 2.75) is 37.8 Å². The standard InChI is InChI=1S/C18H19FN4O2/c19-10-1-6-16-13(7-10)14-8-21-9-15(18(20)25)17(14)23(16)22-11-2-4-12(24)5-3-11/h1,6-9,11-12,22,24H,2-5H2,(H2,20,25)/t11-,12-. The Morgan fingerprint density at radius 3 is 2.72 bits per heavy atom. The van der Waals surface area contributed by atoms with Gasteiger partial charge in [-0.1, -0.05) is 0 Å². The molecule has 0 aliphatic heterocycles. The van der Waals surface area contributed by atoms with Gasteiger partial charge in [0.25, 0.3) is 5.91 Å². The number of rotatable bonds is 3. The first kappa shape index (κ1) is 15.8. The first-order valence-electron chi connectivity index (χ1n) is 8.36. The van der Waals surface area contributed by atoms with E-state index in [-0.39, 0.29) is 23.5 Å². The van der Waals surface area contributed by atoms with Gasteiger partial charge in [-0.25, -0.2) is 4.39 Å². The number of aromatic nitrogens is 2. The molecule has 7 heteroatoms. The molecule has 0 unspecified atom stereocenters. The summed E-state index contributed by atoms with van der Waals surface area (Å²) in [6.45, 7) is 0. The van der Waals surface area contributed by atoms with E-state index in [9.17, 15) is 14.3 Å².